The number of alkyl halides is 3. The molecule has 2 amide bonds. The number of urea groups is 1. The number of likely N-dealkylation sites (tertiary alicyclic amines) is 1. The number of benzene rings is 1. The molecule has 0 spiro atoms. The number of hydrogen-bond donors (Lipinski definition) is 2. The summed E-state index contributed by atoms with van der Waals surface area (Å²) in [5.41, 5.74) is 0.931. The van der Waals surface area contributed by atoms with Crippen LogP contribution in [0.1, 0.15) is 11.5 Å². The van der Waals surface area contributed by atoms with E-state index in [-0.39, 0.29) is 12.5 Å². The number of carboxylic acids is 1. The second-order valence-corrected chi connectivity index (χ2v) is 6.23. The molecule has 0 aliphatic carbocycles. The lowest BCUT2D eigenvalue weighted by Gasteiger charge is -2.19. The summed E-state index contributed by atoms with van der Waals surface area (Å²) in [5.74, 6) is -4.59. The second-order valence-electron chi connectivity index (χ2n) is 6.23. The van der Waals surface area contributed by atoms with Crippen molar-refractivity contribution in [2.75, 3.05) is 26.2 Å². The van der Waals surface area contributed by atoms with Crippen molar-refractivity contribution in [3.8, 4) is 5.75 Å². The Hall–Kier alpha value is -2.45. The highest BCUT2D eigenvalue weighted by atomic mass is 19.4. The van der Waals surface area contributed by atoms with Crippen molar-refractivity contribution in [1.29, 1.82) is 0 Å². The Labute approximate surface area is 141 Å². The van der Waals surface area contributed by atoms with Crippen LogP contribution in [0.2, 0.25) is 0 Å². The van der Waals surface area contributed by atoms with Crippen molar-refractivity contribution < 1.29 is 32.6 Å². The third kappa shape index (κ3) is 3.49. The fourth-order valence-electron chi connectivity index (χ4n) is 3.27. The van der Waals surface area contributed by atoms with Gasteiger partial charge in [0.25, 0.3) is 0 Å². The molecule has 1 saturated heterocycles. The van der Waals surface area contributed by atoms with Crippen LogP contribution in [-0.4, -0.2) is 54.4 Å². The number of nitrogens with zero attached hydrogens (tertiary/aromatic N) is 1. The maximum atomic E-state index is 13.0. The minimum absolute atomic E-state index is 0.0866. The molecule has 2 heterocycles. The number of para-hydroxylation sites is 1. The van der Waals surface area contributed by atoms with Gasteiger partial charge in [-0.15, -0.1) is 0 Å². The highest BCUT2D eigenvalue weighted by Crippen LogP contribution is 2.38. The number of ether oxygens (including phenoxy) is 1. The van der Waals surface area contributed by atoms with E-state index in [1.807, 2.05) is 24.3 Å². The van der Waals surface area contributed by atoms with Crippen LogP contribution >= 0.6 is 0 Å². The average molecular weight is 358 g/mol. The van der Waals surface area contributed by atoms with Gasteiger partial charge in [0, 0.05) is 31.1 Å². The third-order valence-corrected chi connectivity index (χ3v) is 4.64. The molecule has 0 saturated carbocycles. The summed E-state index contributed by atoms with van der Waals surface area (Å²) < 4.78 is 44.4. The first-order valence-corrected chi connectivity index (χ1v) is 7.81. The van der Waals surface area contributed by atoms with Crippen LogP contribution in [0.3, 0.4) is 0 Å². The van der Waals surface area contributed by atoms with Gasteiger partial charge >= 0.3 is 18.2 Å². The maximum Gasteiger partial charge on any atom is 0.394 e. The minimum Gasteiger partial charge on any atom is -0.493 e. The Kier molecular flexibility index (Phi) is 4.49. The summed E-state index contributed by atoms with van der Waals surface area (Å²) in [5, 5.41) is 11.6. The number of halogens is 3. The standard InChI is InChI=1S/C16H17F3N2O4/c17-16(18,19)12-7-21(6-11(12)14(22)23)15(24)20-5-9-8-25-13-4-2-1-3-10(9)13/h1-4,9,11-12H,5-8H2,(H,20,24)(H,22,23)/t9?,11-,12-/m1/s1. The van der Waals surface area contributed by atoms with Gasteiger partial charge in [0.05, 0.1) is 18.4 Å². The number of aliphatic carboxylic acids is 1. The first-order valence-electron chi connectivity index (χ1n) is 7.81. The largest absolute Gasteiger partial charge is 0.493 e. The number of nitrogens with one attached hydrogen (secondary N) is 1. The van der Waals surface area contributed by atoms with Crippen molar-refractivity contribution in [2.24, 2.45) is 11.8 Å². The molecule has 3 atom stereocenters. The van der Waals surface area contributed by atoms with E-state index in [0.717, 1.165) is 16.2 Å². The molecule has 25 heavy (non-hydrogen) atoms. The molecule has 0 bridgehead atoms. The lowest BCUT2D eigenvalue weighted by atomic mass is 9.96. The summed E-state index contributed by atoms with van der Waals surface area (Å²) in [6, 6.07) is 6.65. The third-order valence-electron chi connectivity index (χ3n) is 4.64. The van der Waals surface area contributed by atoms with Gasteiger partial charge in [-0.2, -0.15) is 13.2 Å². The zero-order valence-electron chi connectivity index (χ0n) is 13.1. The first-order chi connectivity index (χ1) is 11.8. The van der Waals surface area contributed by atoms with Gasteiger partial charge in [0.1, 0.15) is 5.75 Å². The van der Waals surface area contributed by atoms with Gasteiger partial charge in [-0.3, -0.25) is 4.79 Å². The summed E-state index contributed by atoms with van der Waals surface area (Å²) in [6.45, 7) is -0.517. The summed E-state index contributed by atoms with van der Waals surface area (Å²) >= 11 is 0. The molecule has 1 fully saturated rings. The molecule has 1 aromatic carbocycles. The molecule has 2 aliphatic heterocycles. The van der Waals surface area contributed by atoms with Gasteiger partial charge < -0.3 is 20.1 Å². The van der Waals surface area contributed by atoms with Crippen LogP contribution < -0.4 is 10.1 Å². The van der Waals surface area contributed by atoms with Gasteiger partial charge in [0.15, 0.2) is 0 Å². The van der Waals surface area contributed by atoms with Crippen LogP contribution in [-0.2, 0) is 4.79 Å². The van der Waals surface area contributed by atoms with Gasteiger partial charge in [-0.25, -0.2) is 4.79 Å². The van der Waals surface area contributed by atoms with Crippen LogP contribution in [0.25, 0.3) is 0 Å². The molecule has 136 valence electrons. The molecule has 6 nitrogen and oxygen atoms in total. The van der Waals surface area contributed by atoms with Gasteiger partial charge in [0.2, 0.25) is 0 Å². The Balaban J connectivity index is 1.60. The maximum absolute atomic E-state index is 13.0. The summed E-state index contributed by atoms with van der Waals surface area (Å²) in [6.07, 6.45) is -4.66. The van der Waals surface area contributed by atoms with E-state index >= 15 is 0 Å². The average Bonchev–Trinajstić information content (AvgIpc) is 3.17. The molecular formula is C16H17F3N2O4. The zero-order chi connectivity index (χ0) is 18.2. The quantitative estimate of drug-likeness (QED) is 0.867. The van der Waals surface area contributed by atoms with Crippen molar-refractivity contribution in [1.82, 2.24) is 10.2 Å². The number of fused-ring (bicyclic) bond motifs is 1. The molecule has 2 aliphatic rings. The predicted molar refractivity (Wildman–Crippen MR) is 80.3 cm³/mol. The number of amides is 2. The van der Waals surface area contributed by atoms with Crippen molar-refractivity contribution in [3.05, 3.63) is 29.8 Å². The Bertz CT molecular complexity index is 680. The first kappa shape index (κ1) is 17.4. The molecule has 1 aromatic rings. The smallest absolute Gasteiger partial charge is 0.394 e. The molecule has 0 radical (unpaired) electrons. The number of carbonyl (C=O) groups excluding carboxylic acids is 1. The highest BCUT2D eigenvalue weighted by Gasteiger charge is 2.53. The van der Waals surface area contributed by atoms with Crippen molar-refractivity contribution in [2.45, 2.75) is 12.1 Å². The van der Waals surface area contributed by atoms with E-state index in [1.54, 1.807) is 0 Å². The zero-order valence-corrected chi connectivity index (χ0v) is 13.1. The van der Waals surface area contributed by atoms with Crippen LogP contribution in [0, 0.1) is 11.8 Å². The number of carbonyl (C=O) groups is 2. The number of rotatable bonds is 3. The minimum atomic E-state index is -4.66. The van der Waals surface area contributed by atoms with Crippen molar-refractivity contribution >= 4 is 12.0 Å². The van der Waals surface area contributed by atoms with E-state index in [9.17, 15) is 22.8 Å². The van der Waals surface area contributed by atoms with E-state index in [0.29, 0.717) is 6.61 Å². The van der Waals surface area contributed by atoms with E-state index in [1.165, 1.54) is 0 Å². The van der Waals surface area contributed by atoms with Crippen molar-refractivity contribution in [3.63, 3.8) is 0 Å². The molecule has 1 unspecified atom stereocenters. The predicted octanol–water partition coefficient (Wildman–Crippen LogP) is 2.07. The molecule has 3 rings (SSSR count). The lowest BCUT2D eigenvalue weighted by Crippen LogP contribution is -2.41. The van der Waals surface area contributed by atoms with E-state index in [4.69, 9.17) is 9.84 Å². The number of carboxylic acid groups (broad SMARTS) is 1. The summed E-state index contributed by atoms with van der Waals surface area (Å²) in [7, 11) is 0. The summed E-state index contributed by atoms with van der Waals surface area (Å²) in [4.78, 5) is 24.1. The van der Waals surface area contributed by atoms with E-state index in [2.05, 4.69) is 5.32 Å². The fourth-order valence-corrected chi connectivity index (χ4v) is 3.27. The Morgan fingerprint density at radius 2 is 2.00 bits per heavy atom. The van der Waals surface area contributed by atoms with Crippen LogP contribution in [0.4, 0.5) is 18.0 Å². The van der Waals surface area contributed by atoms with Crippen LogP contribution in [0.5, 0.6) is 5.75 Å². The molecule has 9 heteroatoms. The highest BCUT2D eigenvalue weighted by molar-refractivity contribution is 5.77. The molecular weight excluding hydrogens is 341 g/mol. The van der Waals surface area contributed by atoms with Crippen LogP contribution in [0.15, 0.2) is 24.3 Å². The Morgan fingerprint density at radius 1 is 1.28 bits per heavy atom. The lowest BCUT2D eigenvalue weighted by molar-refractivity contribution is -0.187. The van der Waals surface area contributed by atoms with E-state index < -0.39 is 43.1 Å². The number of hydrogen-bond acceptors (Lipinski definition) is 3. The monoisotopic (exact) mass is 358 g/mol. The topological polar surface area (TPSA) is 78.9 Å². The molecule has 0 aromatic heterocycles. The normalized spacial score (nSPS) is 25.4. The SMILES string of the molecule is O=C(O)[C@@H]1CN(C(=O)NCC2COc3ccccc32)C[C@H]1C(F)(F)F. The van der Waals surface area contributed by atoms with Gasteiger partial charge in [-0.05, 0) is 6.07 Å². The Morgan fingerprint density at radius 3 is 2.64 bits per heavy atom. The van der Waals surface area contributed by atoms with Gasteiger partial charge in [-0.1, -0.05) is 18.2 Å². The fraction of sp³-hybridized carbons (Fsp3) is 0.500. The molecule has 2 N–H and O–H groups in total. The second kappa shape index (κ2) is 6.45.